The third kappa shape index (κ3) is 4.02. The summed E-state index contributed by atoms with van der Waals surface area (Å²) in [6, 6.07) is 49.2. The topological polar surface area (TPSA) is 31.0 Å². The Balaban J connectivity index is 1.09. The van der Waals surface area contributed by atoms with E-state index in [2.05, 4.69) is 145 Å². The van der Waals surface area contributed by atoms with Gasteiger partial charge in [-0.15, -0.1) is 0 Å². The van der Waals surface area contributed by atoms with Crippen LogP contribution in [0.15, 0.2) is 144 Å². The van der Waals surface area contributed by atoms with Crippen LogP contribution in [-0.4, -0.2) is 9.55 Å². The minimum atomic E-state index is 0.634. The van der Waals surface area contributed by atoms with Gasteiger partial charge in [-0.2, -0.15) is 0 Å². The van der Waals surface area contributed by atoms with Gasteiger partial charge in [-0.3, -0.25) is 0 Å². The van der Waals surface area contributed by atoms with Gasteiger partial charge in [-0.25, -0.2) is 4.98 Å². The van der Waals surface area contributed by atoms with Crippen LogP contribution < -0.4 is 0 Å². The second-order valence-electron chi connectivity index (χ2n) is 10.6. The van der Waals surface area contributed by atoms with Gasteiger partial charge in [-0.05, 0) is 77.7 Å². The van der Waals surface area contributed by atoms with Gasteiger partial charge in [0.1, 0.15) is 5.52 Å². The third-order valence-electron chi connectivity index (χ3n) is 7.94. The standard InChI is InChI=1S/C38H26N2O/c1-25-10-12-28(13-11-25)30-20-23-37-34(24-30)39-38(41-37)29-16-14-26(15-17-29)27-18-21-31(22-19-27)40-35-8-4-2-6-32(35)33-7-3-5-9-36(33)40/h2-24H,1H3. The molecule has 0 fully saturated rings. The Hall–Kier alpha value is -5.41. The molecule has 0 radical (unpaired) electrons. The average molecular weight is 527 g/mol. The molecule has 3 nitrogen and oxygen atoms in total. The fourth-order valence-corrected chi connectivity index (χ4v) is 5.79. The number of fused-ring (bicyclic) bond motifs is 4. The van der Waals surface area contributed by atoms with Gasteiger partial charge in [0.2, 0.25) is 5.89 Å². The van der Waals surface area contributed by atoms with Crippen molar-refractivity contribution in [3.05, 3.63) is 145 Å². The Morgan fingerprint density at radius 2 is 1.02 bits per heavy atom. The predicted molar refractivity (Wildman–Crippen MR) is 169 cm³/mol. The highest BCUT2D eigenvalue weighted by atomic mass is 16.3. The summed E-state index contributed by atoms with van der Waals surface area (Å²) in [5.41, 5.74) is 12.1. The fourth-order valence-electron chi connectivity index (χ4n) is 5.79. The molecule has 0 aliphatic carbocycles. The second kappa shape index (κ2) is 9.35. The molecular weight excluding hydrogens is 500 g/mol. The molecule has 0 spiro atoms. The van der Waals surface area contributed by atoms with Gasteiger partial charge < -0.3 is 8.98 Å². The molecule has 8 rings (SSSR count). The molecule has 0 amide bonds. The minimum absolute atomic E-state index is 0.634. The van der Waals surface area contributed by atoms with E-state index in [1.165, 1.54) is 38.5 Å². The first-order chi connectivity index (χ1) is 20.2. The number of aromatic nitrogens is 2. The minimum Gasteiger partial charge on any atom is -0.436 e. The van der Waals surface area contributed by atoms with E-state index < -0.39 is 0 Å². The number of aryl methyl sites for hydroxylation is 1. The van der Waals surface area contributed by atoms with Gasteiger partial charge >= 0.3 is 0 Å². The number of nitrogens with zero attached hydrogens (tertiary/aromatic N) is 2. The van der Waals surface area contributed by atoms with E-state index in [1.54, 1.807) is 0 Å². The lowest BCUT2D eigenvalue weighted by molar-refractivity contribution is 0.620. The molecule has 6 aromatic carbocycles. The summed E-state index contributed by atoms with van der Waals surface area (Å²) >= 11 is 0. The zero-order valence-electron chi connectivity index (χ0n) is 22.6. The Morgan fingerprint density at radius 3 is 1.68 bits per heavy atom. The molecule has 2 aromatic heterocycles. The van der Waals surface area contributed by atoms with Crippen LogP contribution in [-0.2, 0) is 0 Å². The van der Waals surface area contributed by atoms with Crippen LogP contribution in [0.5, 0.6) is 0 Å². The van der Waals surface area contributed by atoms with Gasteiger partial charge in [-0.1, -0.05) is 96.6 Å². The van der Waals surface area contributed by atoms with Crippen LogP contribution in [0.3, 0.4) is 0 Å². The maximum absolute atomic E-state index is 6.12. The summed E-state index contributed by atoms with van der Waals surface area (Å²) in [5.74, 6) is 0.634. The molecule has 0 saturated carbocycles. The highest BCUT2D eigenvalue weighted by Crippen LogP contribution is 2.33. The molecule has 0 N–H and O–H groups in total. The summed E-state index contributed by atoms with van der Waals surface area (Å²) < 4.78 is 8.47. The molecule has 0 bridgehead atoms. The highest BCUT2D eigenvalue weighted by molar-refractivity contribution is 6.09. The summed E-state index contributed by atoms with van der Waals surface area (Å²) in [5, 5.41) is 2.54. The van der Waals surface area contributed by atoms with Crippen molar-refractivity contribution in [3.63, 3.8) is 0 Å². The average Bonchev–Trinajstić information content (AvgIpc) is 3.61. The first kappa shape index (κ1) is 23.5. The van der Waals surface area contributed by atoms with E-state index in [4.69, 9.17) is 9.40 Å². The first-order valence-electron chi connectivity index (χ1n) is 13.9. The molecule has 0 aliphatic rings. The van der Waals surface area contributed by atoms with Crippen LogP contribution in [0.4, 0.5) is 0 Å². The van der Waals surface area contributed by atoms with Crippen LogP contribution in [0.2, 0.25) is 0 Å². The lowest BCUT2D eigenvalue weighted by Crippen LogP contribution is -1.93. The number of para-hydroxylation sites is 2. The molecule has 194 valence electrons. The number of hydrogen-bond acceptors (Lipinski definition) is 2. The van der Waals surface area contributed by atoms with Gasteiger partial charge in [0.15, 0.2) is 5.58 Å². The second-order valence-corrected chi connectivity index (χ2v) is 10.6. The lowest BCUT2D eigenvalue weighted by Gasteiger charge is -2.09. The molecular formula is C38H26N2O. The van der Waals surface area contributed by atoms with Crippen molar-refractivity contribution < 1.29 is 4.42 Å². The van der Waals surface area contributed by atoms with Crippen LogP contribution in [0.25, 0.3) is 72.3 Å². The molecule has 8 aromatic rings. The maximum Gasteiger partial charge on any atom is 0.227 e. The lowest BCUT2D eigenvalue weighted by atomic mass is 10.0. The van der Waals surface area contributed by atoms with E-state index in [-0.39, 0.29) is 0 Å². The van der Waals surface area contributed by atoms with Crippen LogP contribution in [0, 0.1) is 6.92 Å². The van der Waals surface area contributed by atoms with Crippen molar-refractivity contribution in [2.45, 2.75) is 6.92 Å². The molecule has 0 atom stereocenters. The van der Waals surface area contributed by atoms with E-state index in [0.29, 0.717) is 5.89 Å². The first-order valence-corrected chi connectivity index (χ1v) is 13.9. The van der Waals surface area contributed by atoms with Gasteiger partial charge in [0.05, 0.1) is 11.0 Å². The van der Waals surface area contributed by atoms with Crippen molar-refractivity contribution >= 4 is 32.9 Å². The van der Waals surface area contributed by atoms with Crippen molar-refractivity contribution in [1.29, 1.82) is 0 Å². The zero-order valence-corrected chi connectivity index (χ0v) is 22.6. The molecule has 3 heteroatoms. The predicted octanol–water partition coefficient (Wildman–Crippen LogP) is 10.2. The number of benzene rings is 6. The van der Waals surface area contributed by atoms with Crippen molar-refractivity contribution in [1.82, 2.24) is 9.55 Å². The molecule has 41 heavy (non-hydrogen) atoms. The largest absolute Gasteiger partial charge is 0.436 e. The summed E-state index contributed by atoms with van der Waals surface area (Å²) in [4.78, 5) is 4.81. The van der Waals surface area contributed by atoms with E-state index in [9.17, 15) is 0 Å². The summed E-state index contributed by atoms with van der Waals surface area (Å²) in [6.07, 6.45) is 0. The van der Waals surface area contributed by atoms with Crippen LogP contribution in [0.1, 0.15) is 5.56 Å². The summed E-state index contributed by atoms with van der Waals surface area (Å²) in [7, 11) is 0. The van der Waals surface area contributed by atoms with Crippen molar-refractivity contribution in [2.24, 2.45) is 0 Å². The fraction of sp³-hybridized carbons (Fsp3) is 0.0263. The maximum atomic E-state index is 6.12. The van der Waals surface area contributed by atoms with E-state index >= 15 is 0 Å². The van der Waals surface area contributed by atoms with Crippen molar-refractivity contribution in [2.75, 3.05) is 0 Å². The van der Waals surface area contributed by atoms with Crippen molar-refractivity contribution in [3.8, 4) is 39.4 Å². The van der Waals surface area contributed by atoms with E-state index in [1.807, 2.05) is 6.07 Å². The molecule has 2 heterocycles. The molecule has 0 saturated heterocycles. The quantitative estimate of drug-likeness (QED) is 0.228. The normalized spacial score (nSPS) is 11.5. The van der Waals surface area contributed by atoms with Gasteiger partial charge in [0, 0.05) is 22.0 Å². The van der Waals surface area contributed by atoms with Gasteiger partial charge in [0.25, 0.3) is 0 Å². The zero-order chi connectivity index (χ0) is 27.3. The highest BCUT2D eigenvalue weighted by Gasteiger charge is 2.13. The monoisotopic (exact) mass is 526 g/mol. The SMILES string of the molecule is Cc1ccc(-c2ccc3oc(-c4ccc(-c5ccc(-n6c7ccccc7c7ccccc76)cc5)cc4)nc3c2)cc1. The molecule has 0 unspecified atom stereocenters. The Labute approximate surface area is 238 Å². The van der Waals surface area contributed by atoms with Crippen LogP contribution >= 0.6 is 0 Å². The third-order valence-corrected chi connectivity index (χ3v) is 7.94. The smallest absolute Gasteiger partial charge is 0.227 e. The molecule has 0 aliphatic heterocycles. The van der Waals surface area contributed by atoms with E-state index in [0.717, 1.165) is 33.5 Å². The number of rotatable bonds is 4. The summed E-state index contributed by atoms with van der Waals surface area (Å²) in [6.45, 7) is 2.10. The Morgan fingerprint density at radius 1 is 0.512 bits per heavy atom. The Kier molecular flexibility index (Phi) is 5.36. The number of hydrogen-bond donors (Lipinski definition) is 0. The number of oxazole rings is 1. The Bertz CT molecular complexity index is 2130.